The van der Waals surface area contributed by atoms with Gasteiger partial charge in [-0.15, -0.1) is 6.42 Å². The van der Waals surface area contributed by atoms with Crippen molar-refractivity contribution in [1.29, 1.82) is 5.26 Å². The van der Waals surface area contributed by atoms with Gasteiger partial charge in [-0.1, -0.05) is 12.0 Å². The Morgan fingerprint density at radius 3 is 2.83 bits per heavy atom. The number of pyridine rings is 1. The summed E-state index contributed by atoms with van der Waals surface area (Å²) >= 11 is 0. The Morgan fingerprint density at radius 2 is 2.09 bits per heavy atom. The van der Waals surface area contributed by atoms with Crippen LogP contribution in [0.1, 0.15) is 11.1 Å². The summed E-state index contributed by atoms with van der Waals surface area (Å²) in [7, 11) is 1.61. The van der Waals surface area contributed by atoms with Crippen LogP contribution in [0.2, 0.25) is 0 Å². The molecule has 0 saturated heterocycles. The molecule has 0 radical (unpaired) electrons. The summed E-state index contributed by atoms with van der Waals surface area (Å²) < 4.78 is 5.22. The molecule has 0 unspecified atom stereocenters. The number of anilines is 2. The molecule has 3 aromatic rings. The number of nitriles is 1. The van der Waals surface area contributed by atoms with Gasteiger partial charge in [-0.3, -0.25) is 4.98 Å². The predicted octanol–water partition coefficient (Wildman–Crippen LogP) is 3.84. The van der Waals surface area contributed by atoms with Crippen LogP contribution in [0.15, 0.2) is 48.7 Å². The molecule has 0 saturated carbocycles. The maximum absolute atomic E-state index is 9.37. The molecule has 0 atom stereocenters. The minimum Gasteiger partial charge on any atom is -0.497 e. The third-order valence-corrected chi connectivity index (χ3v) is 3.50. The molecule has 1 heterocycles. The van der Waals surface area contributed by atoms with Crippen molar-refractivity contribution in [2.45, 2.75) is 0 Å². The summed E-state index contributed by atoms with van der Waals surface area (Å²) in [5.74, 6) is 3.32. The molecule has 0 bridgehead atoms. The van der Waals surface area contributed by atoms with Gasteiger partial charge in [0.15, 0.2) is 0 Å². The fourth-order valence-corrected chi connectivity index (χ4v) is 2.35. The van der Waals surface area contributed by atoms with Crippen LogP contribution < -0.4 is 10.1 Å². The van der Waals surface area contributed by atoms with Crippen molar-refractivity contribution in [1.82, 2.24) is 4.98 Å². The highest BCUT2D eigenvalue weighted by Gasteiger charge is 2.10. The van der Waals surface area contributed by atoms with Gasteiger partial charge in [0, 0.05) is 28.9 Å². The van der Waals surface area contributed by atoms with E-state index in [1.54, 1.807) is 13.3 Å². The number of hydrogen-bond acceptors (Lipinski definition) is 4. The van der Waals surface area contributed by atoms with Gasteiger partial charge in [0.1, 0.15) is 11.8 Å². The number of fused-ring (bicyclic) bond motifs is 1. The van der Waals surface area contributed by atoms with E-state index in [2.05, 4.69) is 22.3 Å². The number of methoxy groups -OCH3 is 1. The number of rotatable bonds is 3. The third-order valence-electron chi connectivity index (χ3n) is 3.50. The van der Waals surface area contributed by atoms with Gasteiger partial charge in [0.2, 0.25) is 0 Å². The normalized spacial score (nSPS) is 9.87. The first kappa shape index (κ1) is 14.4. The molecule has 110 valence electrons. The molecular formula is C19H13N3O. The Labute approximate surface area is 134 Å². The molecule has 0 aliphatic rings. The Bertz CT molecular complexity index is 964. The molecule has 0 aliphatic carbocycles. The number of ether oxygens (including phenoxy) is 1. The Hall–Kier alpha value is -3.50. The molecule has 2 aromatic carbocycles. The van der Waals surface area contributed by atoms with Crippen LogP contribution in [-0.4, -0.2) is 12.1 Å². The summed E-state index contributed by atoms with van der Waals surface area (Å²) in [6, 6.07) is 15.2. The Balaban J connectivity index is 2.14. The molecule has 3 rings (SSSR count). The van der Waals surface area contributed by atoms with Gasteiger partial charge < -0.3 is 10.1 Å². The van der Waals surface area contributed by atoms with E-state index < -0.39 is 0 Å². The van der Waals surface area contributed by atoms with Crippen LogP contribution >= 0.6 is 0 Å². The molecule has 1 aromatic heterocycles. The standard InChI is InChI=1S/C19H13N3O/c1-3-13-5-4-6-15(9-13)22-19-14(11-20)12-21-18-10-16(23-2)7-8-17(18)19/h1,4-10,12H,2H3,(H,21,22). The van der Waals surface area contributed by atoms with Crippen molar-refractivity contribution in [2.75, 3.05) is 12.4 Å². The number of nitrogens with one attached hydrogen (secondary N) is 1. The average molecular weight is 299 g/mol. The van der Waals surface area contributed by atoms with Gasteiger partial charge in [-0.05, 0) is 30.3 Å². The van der Waals surface area contributed by atoms with Gasteiger partial charge in [0.05, 0.1) is 23.9 Å². The first-order valence-electron chi connectivity index (χ1n) is 6.95. The van der Waals surface area contributed by atoms with Crippen molar-refractivity contribution in [3.05, 3.63) is 59.8 Å². The summed E-state index contributed by atoms with van der Waals surface area (Å²) in [6.07, 6.45) is 6.99. The fraction of sp³-hybridized carbons (Fsp3) is 0.0526. The monoisotopic (exact) mass is 299 g/mol. The van der Waals surface area contributed by atoms with Crippen molar-refractivity contribution in [3.8, 4) is 24.2 Å². The predicted molar refractivity (Wildman–Crippen MR) is 90.7 cm³/mol. The van der Waals surface area contributed by atoms with Gasteiger partial charge in [-0.25, -0.2) is 0 Å². The van der Waals surface area contributed by atoms with E-state index in [9.17, 15) is 5.26 Å². The Morgan fingerprint density at radius 1 is 1.22 bits per heavy atom. The van der Waals surface area contributed by atoms with Gasteiger partial charge >= 0.3 is 0 Å². The maximum Gasteiger partial charge on any atom is 0.121 e. The van der Waals surface area contributed by atoms with Gasteiger partial charge in [0.25, 0.3) is 0 Å². The molecule has 0 amide bonds. The highest BCUT2D eigenvalue weighted by atomic mass is 16.5. The molecule has 0 aliphatic heterocycles. The maximum atomic E-state index is 9.37. The molecule has 0 spiro atoms. The highest BCUT2D eigenvalue weighted by molar-refractivity contribution is 5.96. The molecule has 0 fully saturated rings. The van der Waals surface area contributed by atoms with Crippen molar-refractivity contribution >= 4 is 22.3 Å². The number of benzene rings is 2. The largest absolute Gasteiger partial charge is 0.497 e. The molecular weight excluding hydrogens is 286 g/mol. The summed E-state index contributed by atoms with van der Waals surface area (Å²) in [4.78, 5) is 4.32. The summed E-state index contributed by atoms with van der Waals surface area (Å²) in [5.41, 5.74) is 3.51. The molecule has 1 N–H and O–H groups in total. The topological polar surface area (TPSA) is 57.9 Å². The number of hydrogen-bond donors (Lipinski definition) is 1. The lowest BCUT2D eigenvalue weighted by Gasteiger charge is -2.12. The minimum absolute atomic E-state index is 0.466. The van der Waals surface area contributed by atoms with E-state index in [4.69, 9.17) is 11.2 Å². The number of nitrogens with zero attached hydrogens (tertiary/aromatic N) is 2. The van der Waals surface area contributed by atoms with Gasteiger partial charge in [-0.2, -0.15) is 5.26 Å². The zero-order valence-corrected chi connectivity index (χ0v) is 12.5. The third kappa shape index (κ3) is 2.79. The first-order valence-corrected chi connectivity index (χ1v) is 6.95. The van der Waals surface area contributed by atoms with Crippen molar-refractivity contribution in [3.63, 3.8) is 0 Å². The van der Waals surface area contributed by atoms with Crippen LogP contribution in [0.5, 0.6) is 5.75 Å². The van der Waals surface area contributed by atoms with E-state index in [-0.39, 0.29) is 0 Å². The Kier molecular flexibility index (Phi) is 3.82. The zero-order chi connectivity index (χ0) is 16.2. The molecule has 23 heavy (non-hydrogen) atoms. The molecule has 4 nitrogen and oxygen atoms in total. The van der Waals surface area contributed by atoms with Crippen LogP contribution in [0.4, 0.5) is 11.4 Å². The van der Waals surface area contributed by atoms with E-state index in [0.717, 1.165) is 27.9 Å². The van der Waals surface area contributed by atoms with Crippen LogP contribution in [0.3, 0.4) is 0 Å². The highest BCUT2D eigenvalue weighted by Crippen LogP contribution is 2.31. The SMILES string of the molecule is C#Cc1cccc(Nc2c(C#N)cnc3cc(OC)ccc23)c1. The van der Waals surface area contributed by atoms with Crippen molar-refractivity contribution in [2.24, 2.45) is 0 Å². The lowest BCUT2D eigenvalue weighted by molar-refractivity contribution is 0.415. The summed E-state index contributed by atoms with van der Waals surface area (Å²) in [5, 5.41) is 13.5. The minimum atomic E-state index is 0.466. The first-order chi connectivity index (χ1) is 11.2. The van der Waals surface area contributed by atoms with E-state index >= 15 is 0 Å². The average Bonchev–Trinajstić information content (AvgIpc) is 2.61. The van der Waals surface area contributed by atoms with Crippen LogP contribution in [-0.2, 0) is 0 Å². The number of terminal acetylenes is 1. The van der Waals surface area contributed by atoms with E-state index in [1.807, 2.05) is 42.5 Å². The quantitative estimate of drug-likeness (QED) is 0.746. The zero-order valence-electron chi connectivity index (χ0n) is 12.5. The van der Waals surface area contributed by atoms with Crippen LogP contribution in [0, 0.1) is 23.7 Å². The van der Waals surface area contributed by atoms with Crippen LogP contribution in [0.25, 0.3) is 10.9 Å². The second kappa shape index (κ2) is 6.09. The lowest BCUT2D eigenvalue weighted by Crippen LogP contribution is -1.97. The molecule has 4 heteroatoms. The number of aromatic nitrogens is 1. The van der Waals surface area contributed by atoms with E-state index in [0.29, 0.717) is 11.3 Å². The second-order valence-electron chi connectivity index (χ2n) is 4.89. The summed E-state index contributed by atoms with van der Waals surface area (Å²) in [6.45, 7) is 0. The van der Waals surface area contributed by atoms with E-state index in [1.165, 1.54) is 0 Å². The lowest BCUT2D eigenvalue weighted by atomic mass is 10.1. The van der Waals surface area contributed by atoms with Crippen molar-refractivity contribution < 1.29 is 4.74 Å². The fourth-order valence-electron chi connectivity index (χ4n) is 2.35. The second-order valence-corrected chi connectivity index (χ2v) is 4.89. The smallest absolute Gasteiger partial charge is 0.121 e.